The number of hydrogen-bond acceptors (Lipinski definition) is 9. The first-order valence-corrected chi connectivity index (χ1v) is 13.5. The number of ether oxygens (including phenoxy) is 2. The summed E-state index contributed by atoms with van der Waals surface area (Å²) >= 11 is 1.61. The number of anilines is 3. The molecule has 3 aromatic heterocycles. The third kappa shape index (κ3) is 4.75. The van der Waals surface area contributed by atoms with Gasteiger partial charge >= 0.3 is 0 Å². The van der Waals surface area contributed by atoms with E-state index in [1.807, 2.05) is 31.2 Å². The minimum absolute atomic E-state index is 0.163. The molecule has 3 aliphatic heterocycles. The standard InChI is InChI=1S/C26H30N6O3S/c1-17-15-18(7-8-27-17)20-5-6-21(35-20)25(33)28-19-16-22-23(29-24(19)31-9-3-2-4-10-31)30-26(36-22)32-11-13-34-14-12-32/h5,7-8,15-16,21H,2-4,6,9-14H2,1H3,(H,28,33). The first-order valence-electron chi connectivity index (χ1n) is 12.6. The number of morpholine rings is 1. The SMILES string of the molecule is Cc1cc(C2=CCC(C(=O)Nc3cc4sc(N5CCOCC5)nc4nc3N3CCCCC3)O2)ccn1. The molecular formula is C26H30N6O3S. The molecule has 0 aliphatic carbocycles. The van der Waals surface area contributed by atoms with Crippen LogP contribution in [0.15, 0.2) is 30.5 Å². The highest BCUT2D eigenvalue weighted by Gasteiger charge is 2.29. The average Bonchev–Trinajstić information content (AvgIpc) is 3.57. The van der Waals surface area contributed by atoms with Crippen molar-refractivity contribution in [2.45, 2.75) is 38.7 Å². The van der Waals surface area contributed by atoms with Gasteiger partial charge in [0.05, 0.1) is 23.6 Å². The molecule has 36 heavy (non-hydrogen) atoms. The smallest absolute Gasteiger partial charge is 0.265 e. The number of aryl methyl sites for hydroxylation is 1. The van der Waals surface area contributed by atoms with Gasteiger partial charge in [-0.05, 0) is 50.5 Å². The van der Waals surface area contributed by atoms with Gasteiger partial charge in [-0.15, -0.1) is 0 Å². The maximum absolute atomic E-state index is 13.3. The van der Waals surface area contributed by atoms with E-state index in [1.165, 1.54) is 6.42 Å². The molecule has 10 heteroatoms. The Balaban J connectivity index is 1.25. The van der Waals surface area contributed by atoms with Gasteiger partial charge in [-0.3, -0.25) is 9.78 Å². The van der Waals surface area contributed by atoms with Gasteiger partial charge in [0.25, 0.3) is 5.91 Å². The molecule has 0 radical (unpaired) electrons. The topological polar surface area (TPSA) is 92.7 Å². The van der Waals surface area contributed by atoms with Crippen molar-refractivity contribution >= 4 is 50.0 Å². The molecule has 1 amide bonds. The second kappa shape index (κ2) is 10.0. The predicted octanol–water partition coefficient (Wildman–Crippen LogP) is 3.99. The number of rotatable bonds is 5. The van der Waals surface area contributed by atoms with Crippen LogP contribution >= 0.6 is 11.3 Å². The van der Waals surface area contributed by atoms with Crippen molar-refractivity contribution in [1.82, 2.24) is 15.0 Å². The Kier molecular flexibility index (Phi) is 6.45. The van der Waals surface area contributed by atoms with Crippen LogP contribution in [0.1, 0.15) is 36.9 Å². The summed E-state index contributed by atoms with van der Waals surface area (Å²) in [5, 5.41) is 4.10. The second-order valence-corrected chi connectivity index (χ2v) is 10.4. The van der Waals surface area contributed by atoms with Crippen molar-refractivity contribution in [3.05, 3.63) is 41.7 Å². The van der Waals surface area contributed by atoms with E-state index in [1.54, 1.807) is 17.5 Å². The lowest BCUT2D eigenvalue weighted by molar-refractivity contribution is -0.123. The molecule has 2 saturated heterocycles. The molecule has 9 nitrogen and oxygen atoms in total. The summed E-state index contributed by atoms with van der Waals surface area (Å²) in [6.45, 7) is 6.87. The number of piperidine rings is 1. The van der Waals surface area contributed by atoms with Crippen molar-refractivity contribution in [3.63, 3.8) is 0 Å². The van der Waals surface area contributed by atoms with E-state index in [9.17, 15) is 4.79 Å². The van der Waals surface area contributed by atoms with Crippen LogP contribution in [0.4, 0.5) is 16.6 Å². The van der Waals surface area contributed by atoms with Crippen LogP contribution in [-0.4, -0.2) is 66.4 Å². The number of thiazole rings is 1. The molecule has 0 aromatic carbocycles. The number of hydrogen-bond donors (Lipinski definition) is 1. The minimum Gasteiger partial charge on any atom is -0.480 e. The van der Waals surface area contributed by atoms with Gasteiger partial charge in [0.2, 0.25) is 0 Å². The molecule has 3 aromatic rings. The summed E-state index contributed by atoms with van der Waals surface area (Å²) in [4.78, 5) is 31.9. The Labute approximate surface area is 214 Å². The van der Waals surface area contributed by atoms with Crippen LogP contribution in [0.5, 0.6) is 0 Å². The van der Waals surface area contributed by atoms with Crippen LogP contribution < -0.4 is 15.1 Å². The summed E-state index contributed by atoms with van der Waals surface area (Å²) in [5.41, 5.74) is 3.31. The molecule has 6 heterocycles. The van der Waals surface area contributed by atoms with Crippen LogP contribution in [0.25, 0.3) is 16.1 Å². The van der Waals surface area contributed by atoms with Crippen molar-refractivity contribution in [3.8, 4) is 0 Å². The van der Waals surface area contributed by atoms with Crippen LogP contribution in [0.2, 0.25) is 0 Å². The zero-order chi connectivity index (χ0) is 24.5. The minimum atomic E-state index is -0.580. The molecule has 1 unspecified atom stereocenters. The lowest BCUT2D eigenvalue weighted by Crippen LogP contribution is -2.36. The van der Waals surface area contributed by atoms with Crippen molar-refractivity contribution in [1.29, 1.82) is 0 Å². The molecule has 0 bridgehead atoms. The van der Waals surface area contributed by atoms with E-state index in [4.69, 9.17) is 19.4 Å². The molecule has 2 fully saturated rings. The van der Waals surface area contributed by atoms with Gasteiger partial charge in [-0.1, -0.05) is 11.3 Å². The van der Waals surface area contributed by atoms with E-state index in [0.29, 0.717) is 19.6 Å². The molecule has 1 N–H and O–H groups in total. The number of carbonyl (C=O) groups excluding carboxylic acids is 1. The van der Waals surface area contributed by atoms with Crippen molar-refractivity contribution < 1.29 is 14.3 Å². The highest BCUT2D eigenvalue weighted by atomic mass is 32.1. The third-order valence-corrected chi connectivity index (χ3v) is 7.86. The van der Waals surface area contributed by atoms with E-state index in [2.05, 4.69) is 20.1 Å². The van der Waals surface area contributed by atoms with Crippen LogP contribution in [-0.2, 0) is 14.3 Å². The van der Waals surface area contributed by atoms with Crippen molar-refractivity contribution in [2.24, 2.45) is 0 Å². The molecule has 188 valence electrons. The Morgan fingerprint density at radius 2 is 1.92 bits per heavy atom. The van der Waals surface area contributed by atoms with Gasteiger partial charge in [-0.2, -0.15) is 4.98 Å². The first-order chi connectivity index (χ1) is 17.6. The summed E-state index contributed by atoms with van der Waals surface area (Å²) < 4.78 is 12.5. The maximum Gasteiger partial charge on any atom is 0.265 e. The zero-order valence-electron chi connectivity index (χ0n) is 20.4. The molecule has 0 spiro atoms. The number of carbonyl (C=O) groups is 1. The monoisotopic (exact) mass is 506 g/mol. The van der Waals surface area contributed by atoms with E-state index >= 15 is 0 Å². The Morgan fingerprint density at radius 3 is 2.72 bits per heavy atom. The molecule has 1 atom stereocenters. The van der Waals surface area contributed by atoms with Gasteiger partial charge in [0.15, 0.2) is 22.7 Å². The summed E-state index contributed by atoms with van der Waals surface area (Å²) in [7, 11) is 0. The second-order valence-electron chi connectivity index (χ2n) is 9.41. The molecule has 3 aliphatic rings. The van der Waals surface area contributed by atoms with Gasteiger partial charge in [0.1, 0.15) is 5.76 Å². The summed E-state index contributed by atoms with van der Waals surface area (Å²) in [6, 6.07) is 5.90. The number of pyridine rings is 2. The average molecular weight is 507 g/mol. The third-order valence-electron chi connectivity index (χ3n) is 6.81. The maximum atomic E-state index is 13.3. The van der Waals surface area contributed by atoms with Crippen molar-refractivity contribution in [2.75, 3.05) is 54.5 Å². The number of aromatic nitrogens is 3. The van der Waals surface area contributed by atoms with Gasteiger partial charge < -0.3 is 24.6 Å². The zero-order valence-corrected chi connectivity index (χ0v) is 21.2. The number of fused-ring (bicyclic) bond motifs is 1. The lowest BCUT2D eigenvalue weighted by Gasteiger charge is -2.29. The van der Waals surface area contributed by atoms with Crippen LogP contribution in [0.3, 0.4) is 0 Å². The molecule has 6 rings (SSSR count). The van der Waals surface area contributed by atoms with E-state index in [-0.39, 0.29) is 5.91 Å². The van der Waals surface area contributed by atoms with Gasteiger partial charge in [0, 0.05) is 50.1 Å². The number of nitrogens with zero attached hydrogens (tertiary/aromatic N) is 5. The number of nitrogens with one attached hydrogen (secondary N) is 1. The summed E-state index contributed by atoms with van der Waals surface area (Å²) in [6.07, 6.45) is 7.14. The fourth-order valence-corrected chi connectivity index (χ4v) is 5.89. The Morgan fingerprint density at radius 1 is 1.08 bits per heavy atom. The predicted molar refractivity (Wildman–Crippen MR) is 142 cm³/mol. The molecular weight excluding hydrogens is 476 g/mol. The fourth-order valence-electron chi connectivity index (χ4n) is 4.89. The lowest BCUT2D eigenvalue weighted by atomic mass is 10.1. The first kappa shape index (κ1) is 23.2. The Bertz CT molecular complexity index is 1300. The number of amides is 1. The fraction of sp³-hybridized carbons (Fsp3) is 0.462. The van der Waals surface area contributed by atoms with E-state index < -0.39 is 6.10 Å². The largest absolute Gasteiger partial charge is 0.480 e. The summed E-state index contributed by atoms with van der Waals surface area (Å²) in [5.74, 6) is 1.36. The Hall–Kier alpha value is -3.24. The highest BCUT2D eigenvalue weighted by molar-refractivity contribution is 7.22. The quantitative estimate of drug-likeness (QED) is 0.555. The van der Waals surface area contributed by atoms with Crippen LogP contribution in [0, 0.1) is 6.92 Å². The van der Waals surface area contributed by atoms with Gasteiger partial charge in [-0.25, -0.2) is 4.98 Å². The highest BCUT2D eigenvalue weighted by Crippen LogP contribution is 2.36. The van der Waals surface area contributed by atoms with E-state index in [0.717, 1.165) is 83.0 Å². The molecule has 0 saturated carbocycles. The normalized spacial score (nSPS) is 20.4.